The van der Waals surface area contributed by atoms with Crippen LogP contribution in [0.2, 0.25) is 0 Å². The summed E-state index contributed by atoms with van der Waals surface area (Å²) in [6.07, 6.45) is 1.37. The lowest BCUT2D eigenvalue weighted by Gasteiger charge is -2.30. The second-order valence-corrected chi connectivity index (χ2v) is 13.7. The van der Waals surface area contributed by atoms with Crippen LogP contribution in [0, 0.1) is 0 Å². The molecule has 0 radical (unpaired) electrons. The Kier molecular flexibility index (Phi) is 11.4. The summed E-state index contributed by atoms with van der Waals surface area (Å²) in [5, 5.41) is 8.98. The van der Waals surface area contributed by atoms with E-state index in [0.29, 0.717) is 42.8 Å². The van der Waals surface area contributed by atoms with Crippen LogP contribution in [-0.4, -0.2) is 92.5 Å². The number of ether oxygens (including phenoxy) is 1. The Morgan fingerprint density at radius 1 is 0.846 bits per heavy atom. The van der Waals surface area contributed by atoms with Gasteiger partial charge in [-0.25, -0.2) is 4.79 Å². The molecule has 2 heterocycles. The number of carbonyl (C=O) groups excluding carboxylic acids is 4. The molecule has 11 heteroatoms. The molecule has 0 spiro atoms. The maximum atomic E-state index is 14.4. The van der Waals surface area contributed by atoms with Crippen LogP contribution < -0.4 is 25.6 Å². The van der Waals surface area contributed by atoms with Gasteiger partial charge in [-0.15, -0.1) is 0 Å². The van der Waals surface area contributed by atoms with Crippen molar-refractivity contribution in [1.29, 1.82) is 0 Å². The van der Waals surface area contributed by atoms with E-state index < -0.39 is 6.04 Å². The molecular formula is C41H46N6O5. The Bertz CT molecular complexity index is 1900. The fourth-order valence-corrected chi connectivity index (χ4v) is 6.81. The number of urea groups is 1. The summed E-state index contributed by atoms with van der Waals surface area (Å²) in [7, 11) is 5.59. The minimum atomic E-state index is -0.835. The third-order valence-corrected chi connectivity index (χ3v) is 9.54. The average Bonchev–Trinajstić information content (AvgIpc) is 3.55. The van der Waals surface area contributed by atoms with Crippen molar-refractivity contribution in [2.45, 2.75) is 43.8 Å². The zero-order valence-electron chi connectivity index (χ0n) is 29.9. The fourth-order valence-electron chi connectivity index (χ4n) is 6.81. The van der Waals surface area contributed by atoms with Gasteiger partial charge in [-0.2, -0.15) is 0 Å². The predicted molar refractivity (Wildman–Crippen MR) is 202 cm³/mol. The SMILES string of the molecule is CN1CCC[C@H](NC(=O)Cc2cccc(-c3ccccc3)c2)C(=O)N2C[C@@H](NC(=O)Nc3cccc(N(C)C)c3)C[C@H]2COc2cccc(c2)C1=O. The molecule has 4 aromatic rings. The molecule has 52 heavy (non-hydrogen) atoms. The number of hydrogen-bond acceptors (Lipinski definition) is 6. The minimum Gasteiger partial charge on any atom is -0.491 e. The zero-order valence-corrected chi connectivity index (χ0v) is 29.9. The number of fused-ring (bicyclic) bond motifs is 3. The highest BCUT2D eigenvalue weighted by molar-refractivity contribution is 5.94. The highest BCUT2D eigenvalue weighted by Gasteiger charge is 2.39. The molecule has 2 bridgehead atoms. The molecule has 270 valence electrons. The number of carbonyl (C=O) groups is 4. The number of amides is 5. The number of anilines is 2. The Hall–Kier alpha value is -5.84. The van der Waals surface area contributed by atoms with Crippen LogP contribution in [0.15, 0.2) is 103 Å². The molecule has 0 saturated carbocycles. The Morgan fingerprint density at radius 3 is 2.40 bits per heavy atom. The molecule has 11 nitrogen and oxygen atoms in total. The van der Waals surface area contributed by atoms with E-state index in [0.717, 1.165) is 22.4 Å². The highest BCUT2D eigenvalue weighted by Crippen LogP contribution is 2.25. The molecule has 2 aliphatic rings. The van der Waals surface area contributed by atoms with Gasteiger partial charge in [0.1, 0.15) is 18.4 Å². The number of nitrogens with one attached hydrogen (secondary N) is 3. The Balaban J connectivity index is 1.20. The molecule has 6 rings (SSSR count). The first-order valence-corrected chi connectivity index (χ1v) is 17.7. The summed E-state index contributed by atoms with van der Waals surface area (Å²) in [6.45, 7) is 0.796. The maximum absolute atomic E-state index is 14.4. The number of benzene rings is 4. The first-order valence-electron chi connectivity index (χ1n) is 17.7. The normalized spacial score (nSPS) is 19.2. The summed E-state index contributed by atoms with van der Waals surface area (Å²) < 4.78 is 6.18. The lowest BCUT2D eigenvalue weighted by Crippen LogP contribution is -2.52. The van der Waals surface area contributed by atoms with Gasteiger partial charge in [0.25, 0.3) is 5.91 Å². The van der Waals surface area contributed by atoms with Crippen molar-refractivity contribution in [3.8, 4) is 16.9 Å². The molecule has 3 atom stereocenters. The zero-order chi connectivity index (χ0) is 36.6. The van der Waals surface area contributed by atoms with Gasteiger partial charge in [0, 0.05) is 51.2 Å². The lowest BCUT2D eigenvalue weighted by atomic mass is 10.0. The topological polar surface area (TPSA) is 123 Å². The summed E-state index contributed by atoms with van der Waals surface area (Å²) in [5.41, 5.74) is 5.00. The van der Waals surface area contributed by atoms with Crippen LogP contribution in [0.25, 0.3) is 11.1 Å². The average molecular weight is 703 g/mol. The predicted octanol–water partition coefficient (Wildman–Crippen LogP) is 5.18. The van der Waals surface area contributed by atoms with Crippen molar-refractivity contribution in [3.05, 3.63) is 114 Å². The Labute approximate surface area is 304 Å². The highest BCUT2D eigenvalue weighted by atomic mass is 16.5. The van der Waals surface area contributed by atoms with Gasteiger partial charge in [0.2, 0.25) is 11.8 Å². The van der Waals surface area contributed by atoms with Crippen LogP contribution in [0.3, 0.4) is 0 Å². The van der Waals surface area contributed by atoms with Gasteiger partial charge in [-0.05, 0) is 72.4 Å². The third kappa shape index (κ3) is 9.08. The van der Waals surface area contributed by atoms with E-state index in [1.54, 1.807) is 41.1 Å². The standard InChI is InChI=1S/C41H46N6O5/c1-45(2)34-17-9-16-32(24-34)42-41(51)43-33-25-35-27-52-36-18-8-15-31(23-36)39(49)46(3)20-10-19-37(40(50)47(35)26-33)44-38(48)22-28-11-7-14-30(21-28)29-12-5-4-6-13-29/h4-9,11-18,21,23-24,33,35,37H,10,19-20,22,25-27H2,1-3H3,(H,44,48)(H2,42,43,51)/t33-,35-,37-/m0/s1. The number of nitrogens with zero attached hydrogens (tertiary/aromatic N) is 3. The van der Waals surface area contributed by atoms with Gasteiger partial charge in [0.15, 0.2) is 0 Å². The van der Waals surface area contributed by atoms with E-state index in [1.807, 2.05) is 97.9 Å². The van der Waals surface area contributed by atoms with E-state index in [4.69, 9.17) is 4.74 Å². The first-order chi connectivity index (χ1) is 25.1. The third-order valence-electron chi connectivity index (χ3n) is 9.54. The van der Waals surface area contributed by atoms with E-state index in [9.17, 15) is 19.2 Å². The van der Waals surface area contributed by atoms with Crippen molar-refractivity contribution in [2.75, 3.05) is 51.1 Å². The second-order valence-electron chi connectivity index (χ2n) is 13.7. The smallest absolute Gasteiger partial charge is 0.319 e. The van der Waals surface area contributed by atoms with Gasteiger partial charge < -0.3 is 35.4 Å². The van der Waals surface area contributed by atoms with Gasteiger partial charge >= 0.3 is 6.03 Å². The van der Waals surface area contributed by atoms with Crippen molar-refractivity contribution in [2.24, 2.45) is 0 Å². The minimum absolute atomic E-state index is 0.101. The summed E-state index contributed by atoms with van der Waals surface area (Å²) in [4.78, 5) is 59.7. The van der Waals surface area contributed by atoms with Crippen molar-refractivity contribution >= 4 is 35.1 Å². The van der Waals surface area contributed by atoms with Gasteiger partial charge in [-0.1, -0.05) is 66.7 Å². The van der Waals surface area contributed by atoms with E-state index >= 15 is 0 Å². The molecular weight excluding hydrogens is 656 g/mol. The fraction of sp³-hybridized carbons (Fsp3) is 0.317. The van der Waals surface area contributed by atoms with Crippen LogP contribution in [0.4, 0.5) is 16.2 Å². The molecule has 0 unspecified atom stereocenters. The van der Waals surface area contributed by atoms with E-state index in [1.165, 1.54) is 0 Å². The molecule has 0 aromatic heterocycles. The summed E-state index contributed by atoms with van der Waals surface area (Å²) in [6, 6.07) is 30.4. The quantitative estimate of drug-likeness (QED) is 0.244. The van der Waals surface area contributed by atoms with Crippen LogP contribution in [0.1, 0.15) is 35.2 Å². The van der Waals surface area contributed by atoms with Crippen LogP contribution in [0.5, 0.6) is 5.75 Å². The maximum Gasteiger partial charge on any atom is 0.319 e. The summed E-state index contributed by atoms with van der Waals surface area (Å²) >= 11 is 0. The van der Waals surface area contributed by atoms with Crippen LogP contribution in [-0.2, 0) is 16.0 Å². The largest absolute Gasteiger partial charge is 0.491 e. The van der Waals surface area contributed by atoms with E-state index in [2.05, 4.69) is 16.0 Å². The molecule has 1 saturated heterocycles. The van der Waals surface area contributed by atoms with Crippen molar-refractivity contribution in [3.63, 3.8) is 0 Å². The van der Waals surface area contributed by atoms with Gasteiger partial charge in [0.05, 0.1) is 18.5 Å². The first kappa shape index (κ1) is 36.0. The molecule has 4 aromatic carbocycles. The van der Waals surface area contributed by atoms with Crippen LogP contribution >= 0.6 is 0 Å². The van der Waals surface area contributed by atoms with Gasteiger partial charge in [-0.3, -0.25) is 14.4 Å². The summed E-state index contributed by atoms with van der Waals surface area (Å²) in [5.74, 6) is -0.156. The molecule has 5 amide bonds. The molecule has 1 fully saturated rings. The Morgan fingerprint density at radius 2 is 1.60 bits per heavy atom. The molecule has 3 N–H and O–H groups in total. The lowest BCUT2D eigenvalue weighted by molar-refractivity contribution is -0.137. The van der Waals surface area contributed by atoms with Crippen molar-refractivity contribution < 1.29 is 23.9 Å². The molecule has 2 aliphatic heterocycles. The van der Waals surface area contributed by atoms with E-state index in [-0.39, 0.29) is 55.4 Å². The number of rotatable bonds is 7. The molecule has 0 aliphatic carbocycles. The monoisotopic (exact) mass is 702 g/mol. The second kappa shape index (κ2) is 16.5. The number of hydrogen-bond donors (Lipinski definition) is 3. The van der Waals surface area contributed by atoms with Crippen molar-refractivity contribution in [1.82, 2.24) is 20.4 Å².